The fourth-order valence-corrected chi connectivity index (χ4v) is 3.26. The van der Waals surface area contributed by atoms with Crippen LogP contribution in [-0.4, -0.2) is 31.6 Å². The molecule has 0 saturated carbocycles. The van der Waals surface area contributed by atoms with Crippen molar-refractivity contribution in [1.82, 2.24) is 10.2 Å². The quantitative estimate of drug-likeness (QED) is 0.901. The molecule has 1 aromatic carbocycles. The van der Waals surface area contributed by atoms with Crippen LogP contribution in [0.25, 0.3) is 0 Å². The molecule has 3 heteroatoms. The molecule has 1 aromatic rings. The van der Waals surface area contributed by atoms with Crippen molar-refractivity contribution in [2.45, 2.75) is 25.8 Å². The van der Waals surface area contributed by atoms with Gasteiger partial charge in [0.1, 0.15) is 0 Å². The van der Waals surface area contributed by atoms with Gasteiger partial charge in [0.2, 0.25) is 0 Å². The van der Waals surface area contributed by atoms with Crippen molar-refractivity contribution >= 4 is 0 Å². The Morgan fingerprint density at radius 2 is 2.32 bits per heavy atom. The summed E-state index contributed by atoms with van der Waals surface area (Å²) in [4.78, 5) is 2.54. The lowest BCUT2D eigenvalue weighted by atomic mass is 9.84. The van der Waals surface area contributed by atoms with Gasteiger partial charge >= 0.3 is 0 Å². The molecule has 1 heterocycles. The molecular weight excluding hydrogens is 234 g/mol. The first-order valence-electron chi connectivity index (χ1n) is 7.18. The smallest absolute Gasteiger partial charge is 0.0991 e. The predicted molar refractivity (Wildman–Crippen MR) is 77.8 cm³/mol. The second-order valence-corrected chi connectivity index (χ2v) is 5.27. The lowest BCUT2D eigenvalue weighted by molar-refractivity contribution is 0.0982. The number of benzene rings is 1. The van der Waals surface area contributed by atoms with Gasteiger partial charge in [0.15, 0.2) is 0 Å². The van der Waals surface area contributed by atoms with E-state index in [9.17, 15) is 0 Å². The summed E-state index contributed by atoms with van der Waals surface area (Å²) in [5.41, 5.74) is 2.06. The summed E-state index contributed by atoms with van der Waals surface area (Å²) in [6.07, 6.45) is 2.54. The van der Waals surface area contributed by atoms with Crippen LogP contribution >= 0.6 is 0 Å². The van der Waals surface area contributed by atoms with Crippen LogP contribution in [0.15, 0.2) is 24.3 Å². The fraction of sp³-hybridized carbons (Fsp3) is 0.562. The topological polar surface area (TPSA) is 39.1 Å². The second kappa shape index (κ2) is 6.70. The number of rotatable bonds is 4. The van der Waals surface area contributed by atoms with Crippen molar-refractivity contribution in [1.29, 1.82) is 5.26 Å². The zero-order valence-electron chi connectivity index (χ0n) is 11.9. The van der Waals surface area contributed by atoms with E-state index in [4.69, 9.17) is 5.26 Å². The first-order chi connectivity index (χ1) is 9.30. The second-order valence-electron chi connectivity index (χ2n) is 5.27. The molecule has 1 aliphatic rings. The summed E-state index contributed by atoms with van der Waals surface area (Å²) in [7, 11) is 2.02. The monoisotopic (exact) mass is 257 g/mol. The third-order valence-corrected chi connectivity index (χ3v) is 4.09. The Morgan fingerprint density at radius 1 is 1.47 bits per heavy atom. The Balaban J connectivity index is 2.31. The van der Waals surface area contributed by atoms with Gasteiger partial charge in [-0.3, -0.25) is 4.90 Å². The van der Waals surface area contributed by atoms with Gasteiger partial charge in [0.25, 0.3) is 0 Å². The van der Waals surface area contributed by atoms with Crippen molar-refractivity contribution in [3.05, 3.63) is 35.4 Å². The molecular formula is C16H23N3. The summed E-state index contributed by atoms with van der Waals surface area (Å²) in [6.45, 7) is 5.50. The van der Waals surface area contributed by atoms with E-state index in [1.54, 1.807) is 0 Å². The molecule has 2 unspecified atom stereocenters. The molecule has 102 valence electrons. The van der Waals surface area contributed by atoms with Gasteiger partial charge in [-0.15, -0.1) is 0 Å². The van der Waals surface area contributed by atoms with Crippen LogP contribution in [-0.2, 0) is 0 Å². The maximum absolute atomic E-state index is 9.08. The average Bonchev–Trinajstić information content (AvgIpc) is 2.47. The van der Waals surface area contributed by atoms with Crippen LogP contribution in [0.3, 0.4) is 0 Å². The summed E-state index contributed by atoms with van der Waals surface area (Å²) in [6, 6.07) is 10.8. The SMILES string of the molecule is CCN1CCCC(CNC)C1c1cccc(C#N)c1. The van der Waals surface area contributed by atoms with Crippen LogP contribution in [0.1, 0.15) is 36.9 Å². The van der Waals surface area contributed by atoms with Crippen LogP contribution in [0.2, 0.25) is 0 Å². The summed E-state index contributed by atoms with van der Waals surface area (Å²) >= 11 is 0. The third-order valence-electron chi connectivity index (χ3n) is 4.09. The van der Waals surface area contributed by atoms with Gasteiger partial charge in [-0.1, -0.05) is 19.1 Å². The number of piperidine rings is 1. The van der Waals surface area contributed by atoms with E-state index in [2.05, 4.69) is 35.3 Å². The lowest BCUT2D eigenvalue weighted by Gasteiger charge is -2.41. The molecule has 1 saturated heterocycles. The molecule has 0 spiro atoms. The number of hydrogen-bond donors (Lipinski definition) is 1. The van der Waals surface area contributed by atoms with E-state index >= 15 is 0 Å². The van der Waals surface area contributed by atoms with E-state index < -0.39 is 0 Å². The van der Waals surface area contributed by atoms with Crippen molar-refractivity contribution in [3.63, 3.8) is 0 Å². The van der Waals surface area contributed by atoms with Crippen LogP contribution < -0.4 is 5.32 Å². The van der Waals surface area contributed by atoms with E-state index in [0.29, 0.717) is 12.0 Å². The van der Waals surface area contributed by atoms with Crippen LogP contribution in [0, 0.1) is 17.2 Å². The van der Waals surface area contributed by atoms with Gasteiger partial charge in [0, 0.05) is 6.04 Å². The number of nitrogens with zero attached hydrogens (tertiary/aromatic N) is 2. The summed E-state index contributed by atoms with van der Waals surface area (Å²) in [5.74, 6) is 0.632. The normalized spacial score (nSPS) is 24.1. The Bertz CT molecular complexity index is 448. The predicted octanol–water partition coefficient (Wildman–Crippen LogP) is 2.55. The first kappa shape index (κ1) is 14.0. The van der Waals surface area contributed by atoms with E-state index in [1.165, 1.54) is 18.4 Å². The van der Waals surface area contributed by atoms with E-state index in [0.717, 1.165) is 25.2 Å². The molecule has 0 amide bonds. The average molecular weight is 257 g/mol. The highest BCUT2D eigenvalue weighted by Gasteiger charge is 2.31. The Labute approximate surface area is 116 Å². The minimum Gasteiger partial charge on any atom is -0.319 e. The molecule has 3 nitrogen and oxygen atoms in total. The van der Waals surface area contributed by atoms with Gasteiger partial charge in [-0.05, 0) is 63.1 Å². The van der Waals surface area contributed by atoms with Gasteiger partial charge in [0.05, 0.1) is 11.6 Å². The van der Waals surface area contributed by atoms with E-state index in [1.807, 2.05) is 19.2 Å². The largest absolute Gasteiger partial charge is 0.319 e. The zero-order valence-corrected chi connectivity index (χ0v) is 11.9. The van der Waals surface area contributed by atoms with Crippen molar-refractivity contribution in [3.8, 4) is 6.07 Å². The third kappa shape index (κ3) is 3.15. The van der Waals surface area contributed by atoms with Gasteiger partial charge in [-0.25, -0.2) is 0 Å². The van der Waals surface area contributed by atoms with E-state index in [-0.39, 0.29) is 0 Å². The van der Waals surface area contributed by atoms with Crippen molar-refractivity contribution in [2.75, 3.05) is 26.7 Å². The van der Waals surface area contributed by atoms with Crippen LogP contribution in [0.4, 0.5) is 0 Å². The highest BCUT2D eigenvalue weighted by molar-refractivity contribution is 5.34. The van der Waals surface area contributed by atoms with Crippen LogP contribution in [0.5, 0.6) is 0 Å². The number of nitrogens with one attached hydrogen (secondary N) is 1. The Hall–Kier alpha value is -1.37. The standard InChI is InChI=1S/C16H23N3/c1-3-19-9-5-8-15(12-18-2)16(19)14-7-4-6-13(10-14)11-17/h4,6-7,10,15-16,18H,3,5,8-9,12H2,1-2H3. The number of nitriles is 1. The summed E-state index contributed by atoms with van der Waals surface area (Å²) in [5, 5.41) is 12.4. The first-order valence-corrected chi connectivity index (χ1v) is 7.18. The molecule has 1 aliphatic heterocycles. The fourth-order valence-electron chi connectivity index (χ4n) is 3.26. The molecule has 1 N–H and O–H groups in total. The molecule has 0 aromatic heterocycles. The lowest BCUT2D eigenvalue weighted by Crippen LogP contribution is -2.42. The highest BCUT2D eigenvalue weighted by atomic mass is 15.2. The number of hydrogen-bond acceptors (Lipinski definition) is 3. The minimum absolute atomic E-state index is 0.444. The van der Waals surface area contributed by atoms with Gasteiger partial charge < -0.3 is 5.32 Å². The highest BCUT2D eigenvalue weighted by Crippen LogP contribution is 2.35. The maximum atomic E-state index is 9.08. The molecule has 0 radical (unpaired) electrons. The van der Waals surface area contributed by atoms with Crippen molar-refractivity contribution in [2.24, 2.45) is 5.92 Å². The zero-order chi connectivity index (χ0) is 13.7. The molecule has 2 atom stereocenters. The van der Waals surface area contributed by atoms with Gasteiger partial charge in [-0.2, -0.15) is 5.26 Å². The number of likely N-dealkylation sites (tertiary alicyclic amines) is 1. The molecule has 0 aliphatic carbocycles. The Kier molecular flexibility index (Phi) is 4.95. The minimum atomic E-state index is 0.444. The molecule has 19 heavy (non-hydrogen) atoms. The van der Waals surface area contributed by atoms with Crippen molar-refractivity contribution < 1.29 is 0 Å². The molecule has 0 bridgehead atoms. The molecule has 1 fully saturated rings. The maximum Gasteiger partial charge on any atom is 0.0991 e. The summed E-state index contributed by atoms with van der Waals surface area (Å²) < 4.78 is 0. The molecule has 2 rings (SSSR count). The Morgan fingerprint density at radius 3 is 3.00 bits per heavy atom.